The minimum atomic E-state index is -0.367. The summed E-state index contributed by atoms with van der Waals surface area (Å²) < 4.78 is 2.06. The number of imidazole rings is 1. The summed E-state index contributed by atoms with van der Waals surface area (Å²) in [6.07, 6.45) is 7.34. The first-order valence-electron chi connectivity index (χ1n) is 9.65. The monoisotopic (exact) mass is 366 g/mol. The van der Waals surface area contributed by atoms with E-state index in [2.05, 4.69) is 14.5 Å². The standard InChI is InChI=1S/C21H26N4O2/c1-21(2,3)20(27)24-9-6-14(7-10-24)18(26)11-16-19-15(5-4-8-23-19)17-12-22-13-25(16)17/h4-5,8,12-14,16H,6-7,9-11H2,1-3H3. The summed E-state index contributed by atoms with van der Waals surface area (Å²) in [5.41, 5.74) is 2.69. The molecule has 6 heteroatoms. The number of hydrogen-bond donors (Lipinski definition) is 0. The van der Waals surface area contributed by atoms with Crippen LogP contribution in [0, 0.1) is 11.3 Å². The summed E-state index contributed by atoms with van der Waals surface area (Å²) in [7, 11) is 0. The highest BCUT2D eigenvalue weighted by atomic mass is 16.2. The molecule has 0 aromatic carbocycles. The van der Waals surface area contributed by atoms with Gasteiger partial charge in [-0.05, 0) is 25.0 Å². The number of pyridine rings is 1. The summed E-state index contributed by atoms with van der Waals surface area (Å²) in [6, 6.07) is 3.89. The van der Waals surface area contributed by atoms with Crippen LogP contribution in [0.2, 0.25) is 0 Å². The van der Waals surface area contributed by atoms with Gasteiger partial charge in [-0.3, -0.25) is 14.6 Å². The predicted octanol–water partition coefficient (Wildman–Crippen LogP) is 3.09. The van der Waals surface area contributed by atoms with E-state index in [-0.39, 0.29) is 29.1 Å². The number of amides is 1. The molecule has 1 unspecified atom stereocenters. The molecule has 1 atom stereocenters. The first-order valence-corrected chi connectivity index (χ1v) is 9.65. The van der Waals surface area contributed by atoms with E-state index in [1.807, 2.05) is 44.0 Å². The maximum Gasteiger partial charge on any atom is 0.227 e. The Bertz CT molecular complexity index is 872. The fourth-order valence-electron chi connectivity index (χ4n) is 4.22. The number of Topliss-reactive ketones (excluding diaryl/α,β-unsaturated/α-hetero) is 1. The molecule has 6 nitrogen and oxygen atoms in total. The fraction of sp³-hybridized carbons (Fsp3) is 0.524. The minimum Gasteiger partial charge on any atom is -0.342 e. The van der Waals surface area contributed by atoms with Crippen LogP contribution in [0.1, 0.15) is 51.8 Å². The molecule has 2 aromatic rings. The molecule has 2 aliphatic rings. The van der Waals surface area contributed by atoms with E-state index in [1.54, 1.807) is 12.5 Å². The molecule has 0 N–H and O–H groups in total. The topological polar surface area (TPSA) is 68.1 Å². The molecule has 27 heavy (non-hydrogen) atoms. The number of nitrogens with zero attached hydrogens (tertiary/aromatic N) is 4. The number of carbonyl (C=O) groups excluding carboxylic acids is 2. The van der Waals surface area contributed by atoms with Gasteiger partial charge in [-0.1, -0.05) is 20.8 Å². The maximum absolute atomic E-state index is 13.0. The number of carbonyl (C=O) groups is 2. The van der Waals surface area contributed by atoms with Crippen molar-refractivity contribution in [2.24, 2.45) is 11.3 Å². The third-order valence-corrected chi connectivity index (χ3v) is 5.71. The Morgan fingerprint density at radius 2 is 1.96 bits per heavy atom. The largest absolute Gasteiger partial charge is 0.342 e. The van der Waals surface area contributed by atoms with Crippen molar-refractivity contribution in [3.8, 4) is 11.3 Å². The Morgan fingerprint density at radius 1 is 1.22 bits per heavy atom. The van der Waals surface area contributed by atoms with E-state index in [0.29, 0.717) is 19.5 Å². The quantitative estimate of drug-likeness (QED) is 0.837. The normalized spacial score (nSPS) is 19.7. The van der Waals surface area contributed by atoms with Crippen molar-refractivity contribution in [2.45, 2.75) is 46.1 Å². The van der Waals surface area contributed by atoms with E-state index in [4.69, 9.17) is 0 Å². The summed E-state index contributed by atoms with van der Waals surface area (Å²) in [5.74, 6) is 0.458. The molecule has 2 aliphatic heterocycles. The SMILES string of the molecule is CC(C)(C)C(=O)N1CCC(C(=O)CC2c3ncccc3-c3cncn32)CC1. The molecule has 0 spiro atoms. The molecule has 1 amide bonds. The van der Waals surface area contributed by atoms with Gasteiger partial charge >= 0.3 is 0 Å². The third-order valence-electron chi connectivity index (χ3n) is 5.71. The number of likely N-dealkylation sites (tertiary alicyclic amines) is 1. The lowest BCUT2D eigenvalue weighted by atomic mass is 9.87. The Hall–Kier alpha value is -2.50. The molecule has 1 saturated heterocycles. The zero-order valence-electron chi connectivity index (χ0n) is 16.2. The molecule has 0 radical (unpaired) electrons. The number of fused-ring (bicyclic) bond motifs is 3. The van der Waals surface area contributed by atoms with Gasteiger partial charge in [0.05, 0.1) is 30.0 Å². The second kappa shape index (κ2) is 6.59. The van der Waals surface area contributed by atoms with Crippen molar-refractivity contribution in [3.05, 3.63) is 36.5 Å². The van der Waals surface area contributed by atoms with Gasteiger partial charge in [-0.2, -0.15) is 0 Å². The molecule has 142 valence electrons. The lowest BCUT2D eigenvalue weighted by molar-refractivity contribution is -0.142. The van der Waals surface area contributed by atoms with Crippen molar-refractivity contribution in [2.75, 3.05) is 13.1 Å². The highest BCUT2D eigenvalue weighted by Gasteiger charge is 2.36. The van der Waals surface area contributed by atoms with Gasteiger partial charge in [0.1, 0.15) is 5.78 Å². The second-order valence-corrected chi connectivity index (χ2v) is 8.63. The van der Waals surface area contributed by atoms with Crippen LogP contribution in [-0.4, -0.2) is 44.2 Å². The van der Waals surface area contributed by atoms with Crippen LogP contribution in [0.15, 0.2) is 30.9 Å². The van der Waals surface area contributed by atoms with Gasteiger partial charge in [-0.25, -0.2) is 4.98 Å². The third kappa shape index (κ3) is 3.17. The summed E-state index contributed by atoms with van der Waals surface area (Å²) in [6.45, 7) is 7.17. The average Bonchev–Trinajstić information content (AvgIpc) is 3.23. The van der Waals surface area contributed by atoms with Gasteiger partial charge < -0.3 is 9.47 Å². The molecular formula is C21H26N4O2. The van der Waals surface area contributed by atoms with E-state index >= 15 is 0 Å². The van der Waals surface area contributed by atoms with Gasteiger partial charge in [0.25, 0.3) is 0 Å². The Morgan fingerprint density at radius 3 is 2.67 bits per heavy atom. The van der Waals surface area contributed by atoms with Gasteiger partial charge in [0, 0.05) is 42.6 Å². The number of hydrogen-bond acceptors (Lipinski definition) is 4. The van der Waals surface area contributed by atoms with E-state index in [1.165, 1.54) is 0 Å². The van der Waals surface area contributed by atoms with Crippen LogP contribution in [0.25, 0.3) is 11.3 Å². The lowest BCUT2D eigenvalue weighted by Crippen LogP contribution is -2.45. The zero-order chi connectivity index (χ0) is 19.2. The molecule has 2 aromatic heterocycles. The molecular weight excluding hydrogens is 340 g/mol. The summed E-state index contributed by atoms with van der Waals surface area (Å²) in [5, 5.41) is 0. The van der Waals surface area contributed by atoms with Crippen molar-refractivity contribution < 1.29 is 9.59 Å². The van der Waals surface area contributed by atoms with E-state index < -0.39 is 0 Å². The Kier molecular flexibility index (Phi) is 4.36. The van der Waals surface area contributed by atoms with Crippen LogP contribution in [0.4, 0.5) is 0 Å². The number of piperidine rings is 1. The maximum atomic E-state index is 13.0. The first kappa shape index (κ1) is 17.9. The highest BCUT2D eigenvalue weighted by Crippen LogP contribution is 2.40. The molecule has 0 aliphatic carbocycles. The Balaban J connectivity index is 1.43. The molecule has 4 rings (SSSR count). The summed E-state index contributed by atoms with van der Waals surface area (Å²) in [4.78, 5) is 36.1. The van der Waals surface area contributed by atoms with E-state index in [9.17, 15) is 9.59 Å². The lowest BCUT2D eigenvalue weighted by Gasteiger charge is -2.35. The number of rotatable bonds is 3. The van der Waals surface area contributed by atoms with Crippen LogP contribution < -0.4 is 0 Å². The predicted molar refractivity (Wildman–Crippen MR) is 102 cm³/mol. The van der Waals surface area contributed by atoms with Crippen LogP contribution in [-0.2, 0) is 9.59 Å². The minimum absolute atomic E-state index is 0.0220. The number of ketones is 1. The van der Waals surface area contributed by atoms with Gasteiger partial charge in [0.2, 0.25) is 5.91 Å². The second-order valence-electron chi connectivity index (χ2n) is 8.63. The van der Waals surface area contributed by atoms with Gasteiger partial charge in [-0.15, -0.1) is 0 Å². The zero-order valence-corrected chi connectivity index (χ0v) is 16.2. The number of aromatic nitrogens is 3. The van der Waals surface area contributed by atoms with Crippen molar-refractivity contribution >= 4 is 11.7 Å². The van der Waals surface area contributed by atoms with E-state index in [0.717, 1.165) is 29.8 Å². The van der Waals surface area contributed by atoms with Crippen LogP contribution in [0.3, 0.4) is 0 Å². The average molecular weight is 366 g/mol. The molecule has 4 heterocycles. The molecule has 0 saturated carbocycles. The Labute approximate surface area is 159 Å². The smallest absolute Gasteiger partial charge is 0.227 e. The summed E-state index contributed by atoms with van der Waals surface area (Å²) >= 11 is 0. The van der Waals surface area contributed by atoms with Crippen LogP contribution in [0.5, 0.6) is 0 Å². The van der Waals surface area contributed by atoms with Gasteiger partial charge in [0.15, 0.2) is 0 Å². The molecule has 1 fully saturated rings. The van der Waals surface area contributed by atoms with Crippen molar-refractivity contribution in [3.63, 3.8) is 0 Å². The first-order chi connectivity index (χ1) is 12.9. The molecule has 0 bridgehead atoms. The van der Waals surface area contributed by atoms with Crippen LogP contribution >= 0.6 is 0 Å². The highest BCUT2D eigenvalue weighted by molar-refractivity contribution is 5.84. The van der Waals surface area contributed by atoms with Crippen molar-refractivity contribution in [1.82, 2.24) is 19.4 Å². The fourth-order valence-corrected chi connectivity index (χ4v) is 4.22. The van der Waals surface area contributed by atoms with Crippen molar-refractivity contribution in [1.29, 1.82) is 0 Å².